The standard InChI is InChI=1S/C20H40N6/c1(3-5-7-9-11-13-21-19-23-15-16-24-19)2-4-6-8-10-12-14-22-20-25-17-18-26-20/h1-18H2,(H2,21,23,24)(H2,22,25,26). The molecule has 0 aliphatic carbocycles. The number of hydrogen-bond donors (Lipinski definition) is 4. The van der Waals surface area contributed by atoms with Crippen LogP contribution in [0, 0.1) is 0 Å². The second kappa shape index (κ2) is 14.7. The quantitative estimate of drug-likeness (QED) is 0.337. The van der Waals surface area contributed by atoms with Gasteiger partial charge in [-0.3, -0.25) is 9.98 Å². The highest BCUT2D eigenvalue weighted by molar-refractivity contribution is 5.81. The van der Waals surface area contributed by atoms with E-state index in [9.17, 15) is 0 Å². The lowest BCUT2D eigenvalue weighted by molar-refractivity contribution is 0.538. The molecule has 2 heterocycles. The summed E-state index contributed by atoms with van der Waals surface area (Å²) >= 11 is 0. The van der Waals surface area contributed by atoms with Gasteiger partial charge in [0.1, 0.15) is 0 Å². The molecule has 6 heteroatoms. The maximum atomic E-state index is 4.34. The summed E-state index contributed by atoms with van der Waals surface area (Å²) in [6.45, 7) is 5.96. The minimum Gasteiger partial charge on any atom is -0.356 e. The Hall–Kier alpha value is -1.46. The molecule has 0 saturated carbocycles. The van der Waals surface area contributed by atoms with E-state index in [1.54, 1.807) is 0 Å². The molecule has 2 rings (SSSR count). The van der Waals surface area contributed by atoms with E-state index in [2.05, 4.69) is 31.3 Å². The van der Waals surface area contributed by atoms with Crippen molar-refractivity contribution in [2.75, 3.05) is 39.3 Å². The predicted molar refractivity (Wildman–Crippen MR) is 112 cm³/mol. The van der Waals surface area contributed by atoms with E-state index in [0.717, 1.165) is 51.2 Å². The van der Waals surface area contributed by atoms with Crippen molar-refractivity contribution in [2.45, 2.75) is 77.0 Å². The number of guanidine groups is 2. The lowest BCUT2D eigenvalue weighted by Gasteiger charge is -2.07. The van der Waals surface area contributed by atoms with Crippen molar-refractivity contribution in [2.24, 2.45) is 9.98 Å². The Bertz CT molecular complexity index is 369. The van der Waals surface area contributed by atoms with Crippen molar-refractivity contribution < 1.29 is 0 Å². The van der Waals surface area contributed by atoms with E-state index < -0.39 is 0 Å². The lowest BCUT2D eigenvalue weighted by atomic mass is 10.1. The van der Waals surface area contributed by atoms with Crippen LogP contribution in [-0.4, -0.2) is 51.2 Å². The van der Waals surface area contributed by atoms with E-state index in [1.165, 1.54) is 77.0 Å². The molecule has 0 aromatic heterocycles. The first-order valence-electron chi connectivity index (χ1n) is 11.0. The highest BCUT2D eigenvalue weighted by atomic mass is 15.2. The van der Waals surface area contributed by atoms with Gasteiger partial charge in [0.15, 0.2) is 11.9 Å². The molecule has 0 aromatic carbocycles. The normalized spacial score (nSPS) is 16.0. The molecular weight excluding hydrogens is 324 g/mol. The monoisotopic (exact) mass is 364 g/mol. The van der Waals surface area contributed by atoms with Crippen LogP contribution in [0.1, 0.15) is 77.0 Å². The molecule has 0 saturated heterocycles. The van der Waals surface area contributed by atoms with Crippen LogP contribution < -0.4 is 21.3 Å². The van der Waals surface area contributed by atoms with Crippen molar-refractivity contribution in [3.05, 3.63) is 0 Å². The van der Waals surface area contributed by atoms with E-state index in [1.807, 2.05) is 0 Å². The van der Waals surface area contributed by atoms with Crippen molar-refractivity contribution >= 4 is 11.9 Å². The van der Waals surface area contributed by atoms with Gasteiger partial charge in [0, 0.05) is 26.2 Å². The summed E-state index contributed by atoms with van der Waals surface area (Å²) in [6.07, 6.45) is 16.5. The second-order valence-electron chi connectivity index (χ2n) is 7.41. The summed E-state index contributed by atoms with van der Waals surface area (Å²) in [6, 6.07) is 0. The summed E-state index contributed by atoms with van der Waals surface area (Å²) in [4.78, 5) is 8.68. The Balaban J connectivity index is 1.20. The summed E-state index contributed by atoms with van der Waals surface area (Å²) in [7, 11) is 0. The lowest BCUT2D eigenvalue weighted by Crippen LogP contribution is -2.34. The largest absolute Gasteiger partial charge is 0.356 e. The second-order valence-corrected chi connectivity index (χ2v) is 7.41. The van der Waals surface area contributed by atoms with Crippen LogP contribution in [-0.2, 0) is 0 Å². The molecule has 0 atom stereocenters. The molecule has 2 aliphatic heterocycles. The van der Waals surface area contributed by atoms with Crippen LogP contribution in [0.3, 0.4) is 0 Å². The summed E-state index contributed by atoms with van der Waals surface area (Å²) in [5.41, 5.74) is 0. The first-order valence-corrected chi connectivity index (χ1v) is 11.0. The molecule has 0 fully saturated rings. The first kappa shape index (κ1) is 20.8. The average molecular weight is 365 g/mol. The molecule has 0 spiro atoms. The van der Waals surface area contributed by atoms with Gasteiger partial charge in [-0.25, -0.2) is 0 Å². The van der Waals surface area contributed by atoms with Crippen LogP contribution in [0.5, 0.6) is 0 Å². The zero-order chi connectivity index (χ0) is 18.1. The smallest absolute Gasteiger partial charge is 0.191 e. The highest BCUT2D eigenvalue weighted by Crippen LogP contribution is 2.11. The fourth-order valence-corrected chi connectivity index (χ4v) is 3.46. The van der Waals surface area contributed by atoms with E-state index >= 15 is 0 Å². The van der Waals surface area contributed by atoms with Gasteiger partial charge in [0.25, 0.3) is 0 Å². The van der Waals surface area contributed by atoms with Crippen LogP contribution >= 0.6 is 0 Å². The number of aliphatic imine (C=N–C) groups is 2. The third-order valence-electron chi connectivity index (χ3n) is 5.04. The number of rotatable bonds is 15. The number of unbranched alkanes of at least 4 members (excludes halogenated alkanes) is 11. The molecule has 26 heavy (non-hydrogen) atoms. The molecule has 0 radical (unpaired) electrons. The topological polar surface area (TPSA) is 72.8 Å². The minimum atomic E-state index is 0.924. The molecule has 0 aromatic rings. The molecule has 2 aliphatic rings. The van der Waals surface area contributed by atoms with Gasteiger partial charge in [-0.2, -0.15) is 0 Å². The molecule has 150 valence electrons. The average Bonchev–Trinajstić information content (AvgIpc) is 3.35. The molecule has 0 amide bonds. The van der Waals surface area contributed by atoms with E-state index in [0.29, 0.717) is 0 Å². The van der Waals surface area contributed by atoms with Gasteiger partial charge in [-0.05, 0) is 12.8 Å². The number of nitrogens with one attached hydrogen (secondary N) is 4. The Morgan fingerprint density at radius 1 is 0.538 bits per heavy atom. The Morgan fingerprint density at radius 3 is 1.19 bits per heavy atom. The van der Waals surface area contributed by atoms with Crippen LogP contribution in [0.15, 0.2) is 9.98 Å². The molecule has 0 unspecified atom stereocenters. The van der Waals surface area contributed by atoms with Crippen LogP contribution in [0.4, 0.5) is 0 Å². The predicted octanol–water partition coefficient (Wildman–Crippen LogP) is 2.77. The minimum absolute atomic E-state index is 0.924. The van der Waals surface area contributed by atoms with Gasteiger partial charge in [-0.1, -0.05) is 64.2 Å². The summed E-state index contributed by atoms with van der Waals surface area (Å²) < 4.78 is 0. The maximum Gasteiger partial charge on any atom is 0.191 e. The van der Waals surface area contributed by atoms with Crippen molar-refractivity contribution in [3.8, 4) is 0 Å². The first-order chi connectivity index (χ1) is 12.9. The number of nitrogens with zero attached hydrogens (tertiary/aromatic N) is 2. The van der Waals surface area contributed by atoms with Crippen LogP contribution in [0.25, 0.3) is 0 Å². The van der Waals surface area contributed by atoms with Gasteiger partial charge >= 0.3 is 0 Å². The summed E-state index contributed by atoms with van der Waals surface area (Å²) in [5, 5.41) is 13.2. The highest BCUT2D eigenvalue weighted by Gasteiger charge is 2.03. The molecular formula is C20H40N6. The molecule has 6 nitrogen and oxygen atoms in total. The van der Waals surface area contributed by atoms with Crippen molar-refractivity contribution in [3.63, 3.8) is 0 Å². The fourth-order valence-electron chi connectivity index (χ4n) is 3.46. The van der Waals surface area contributed by atoms with Gasteiger partial charge in [0.2, 0.25) is 0 Å². The molecule has 0 bridgehead atoms. The zero-order valence-corrected chi connectivity index (χ0v) is 16.6. The summed E-state index contributed by atoms with van der Waals surface area (Å²) in [5.74, 6) is 2.00. The van der Waals surface area contributed by atoms with Crippen LogP contribution in [0.2, 0.25) is 0 Å². The Morgan fingerprint density at radius 2 is 0.885 bits per heavy atom. The van der Waals surface area contributed by atoms with Crippen molar-refractivity contribution in [1.29, 1.82) is 0 Å². The van der Waals surface area contributed by atoms with E-state index in [4.69, 9.17) is 0 Å². The van der Waals surface area contributed by atoms with E-state index in [-0.39, 0.29) is 0 Å². The SMILES string of the molecule is C(CCCCCCCNC1=NCCN1)CCCCCCNC1=NCCN1. The third-order valence-corrected chi connectivity index (χ3v) is 5.04. The third kappa shape index (κ3) is 10.5. The number of hydrogen-bond acceptors (Lipinski definition) is 6. The Labute approximate surface area is 160 Å². The van der Waals surface area contributed by atoms with Gasteiger partial charge < -0.3 is 21.3 Å². The van der Waals surface area contributed by atoms with Crippen molar-refractivity contribution in [1.82, 2.24) is 21.3 Å². The molecule has 4 N–H and O–H groups in total. The van der Waals surface area contributed by atoms with Gasteiger partial charge in [0.05, 0.1) is 13.1 Å². The zero-order valence-electron chi connectivity index (χ0n) is 16.6. The Kier molecular flexibility index (Phi) is 11.8. The fraction of sp³-hybridized carbons (Fsp3) is 0.900. The van der Waals surface area contributed by atoms with Gasteiger partial charge in [-0.15, -0.1) is 0 Å². The maximum absolute atomic E-state index is 4.34.